The molecule has 1 aromatic rings. The minimum atomic E-state index is -1.20. The number of allylic oxidation sites excluding steroid dienone is 1. The van der Waals surface area contributed by atoms with Gasteiger partial charge in [0.2, 0.25) is 0 Å². The van der Waals surface area contributed by atoms with Crippen LogP contribution in [0.4, 0.5) is 0 Å². The summed E-state index contributed by atoms with van der Waals surface area (Å²) >= 11 is 1.56. The van der Waals surface area contributed by atoms with Crippen LogP contribution >= 0.6 is 11.3 Å². The number of Topliss-reactive ketones (excluding diaryl/α,β-unsaturated/α-hetero) is 1. The first-order chi connectivity index (χ1) is 15.0. The SMILES string of the molecule is C/C(=C\c1csc(C)n1)[C@@H]1C/C=C/CCCC[C@H](O)[C@@H](C)C(=O)C(C)(C)[C@@H](O)CC(=O)O1. The van der Waals surface area contributed by atoms with E-state index in [0.29, 0.717) is 12.8 Å². The molecule has 0 fully saturated rings. The van der Waals surface area contributed by atoms with Crippen molar-refractivity contribution in [1.82, 2.24) is 4.98 Å². The van der Waals surface area contributed by atoms with E-state index in [1.807, 2.05) is 31.4 Å². The Morgan fingerprint density at radius 3 is 2.62 bits per heavy atom. The third-order valence-electron chi connectivity index (χ3n) is 6.25. The van der Waals surface area contributed by atoms with Crippen molar-refractivity contribution in [2.24, 2.45) is 11.3 Å². The zero-order valence-electron chi connectivity index (χ0n) is 19.8. The van der Waals surface area contributed by atoms with Crippen LogP contribution in [-0.4, -0.2) is 45.3 Å². The van der Waals surface area contributed by atoms with Crippen molar-refractivity contribution >= 4 is 29.2 Å². The van der Waals surface area contributed by atoms with Crippen LogP contribution in [0.3, 0.4) is 0 Å². The monoisotopic (exact) mass is 463 g/mol. The Bertz CT molecular complexity index is 841. The van der Waals surface area contributed by atoms with Gasteiger partial charge >= 0.3 is 5.97 Å². The summed E-state index contributed by atoms with van der Waals surface area (Å²) in [5.41, 5.74) is 0.530. The number of carbonyl (C=O) groups is 2. The Balaban J connectivity index is 2.24. The number of ether oxygens (including phenoxy) is 1. The highest BCUT2D eigenvalue weighted by molar-refractivity contribution is 7.09. The van der Waals surface area contributed by atoms with Crippen molar-refractivity contribution in [1.29, 1.82) is 0 Å². The standard InChI is InChI=1S/C25H37NO5S/c1-16(13-19-15-32-18(3)26-19)21-12-10-8-6-7-9-11-20(27)17(2)24(30)25(4,5)22(28)14-23(29)31-21/h8,10,13,15,17,20-22,27-28H,6-7,9,11-12,14H2,1-5H3/b10-8+,16-13+/t17-,20+,21+,22+/m1/s1. The average Bonchev–Trinajstić information content (AvgIpc) is 3.14. The number of hydrogen-bond donors (Lipinski definition) is 2. The summed E-state index contributed by atoms with van der Waals surface area (Å²) in [6.45, 7) is 8.78. The van der Waals surface area contributed by atoms with E-state index in [1.54, 1.807) is 32.1 Å². The predicted octanol–water partition coefficient (Wildman–Crippen LogP) is 4.63. The van der Waals surface area contributed by atoms with Gasteiger partial charge in [-0.15, -0.1) is 11.3 Å². The van der Waals surface area contributed by atoms with E-state index in [0.717, 1.165) is 35.5 Å². The van der Waals surface area contributed by atoms with Crippen LogP contribution < -0.4 is 0 Å². The van der Waals surface area contributed by atoms with Crippen LogP contribution in [0.1, 0.15) is 76.9 Å². The second-order valence-corrected chi connectivity index (χ2v) is 10.4. The molecule has 7 heteroatoms. The van der Waals surface area contributed by atoms with Gasteiger partial charge in [-0.2, -0.15) is 0 Å². The number of aliphatic hydroxyl groups excluding tert-OH is 2. The molecule has 2 N–H and O–H groups in total. The van der Waals surface area contributed by atoms with Gasteiger partial charge in [-0.25, -0.2) is 4.98 Å². The van der Waals surface area contributed by atoms with Crippen LogP contribution in [-0.2, 0) is 14.3 Å². The molecule has 6 nitrogen and oxygen atoms in total. The molecule has 0 aliphatic carbocycles. The van der Waals surface area contributed by atoms with E-state index in [9.17, 15) is 19.8 Å². The molecule has 0 bridgehead atoms. The van der Waals surface area contributed by atoms with Crippen molar-refractivity contribution in [3.05, 3.63) is 33.8 Å². The molecular weight excluding hydrogens is 426 g/mol. The van der Waals surface area contributed by atoms with Gasteiger partial charge in [0.05, 0.1) is 34.7 Å². The summed E-state index contributed by atoms with van der Waals surface area (Å²) in [7, 11) is 0. The number of esters is 1. The zero-order valence-corrected chi connectivity index (χ0v) is 20.7. The van der Waals surface area contributed by atoms with Gasteiger partial charge in [0.1, 0.15) is 11.9 Å². The Morgan fingerprint density at radius 2 is 1.97 bits per heavy atom. The molecule has 0 unspecified atom stereocenters. The first kappa shape index (κ1) is 26.4. The van der Waals surface area contributed by atoms with E-state index < -0.39 is 35.6 Å². The molecule has 32 heavy (non-hydrogen) atoms. The number of cyclic esters (lactones) is 1. The highest BCUT2D eigenvalue weighted by atomic mass is 32.1. The normalized spacial score (nSPS) is 30.0. The molecule has 1 aliphatic rings. The Morgan fingerprint density at radius 1 is 1.25 bits per heavy atom. The number of rotatable bonds is 2. The van der Waals surface area contributed by atoms with Crippen molar-refractivity contribution < 1.29 is 24.5 Å². The number of thiazole rings is 1. The molecule has 2 heterocycles. The fourth-order valence-electron chi connectivity index (χ4n) is 3.85. The summed E-state index contributed by atoms with van der Waals surface area (Å²) in [5, 5.41) is 24.1. The Kier molecular flexibility index (Phi) is 9.80. The first-order valence-corrected chi connectivity index (χ1v) is 12.3. The summed E-state index contributed by atoms with van der Waals surface area (Å²) in [4.78, 5) is 30.1. The van der Waals surface area contributed by atoms with Crippen molar-refractivity contribution in [3.8, 4) is 0 Å². The molecule has 0 aromatic carbocycles. The molecule has 0 spiro atoms. The average molecular weight is 464 g/mol. The number of nitrogens with zero attached hydrogens (tertiary/aromatic N) is 1. The third kappa shape index (κ3) is 7.36. The van der Waals surface area contributed by atoms with Crippen LogP contribution in [0, 0.1) is 18.3 Å². The second kappa shape index (κ2) is 11.9. The van der Waals surface area contributed by atoms with Gasteiger partial charge in [-0.1, -0.05) is 39.3 Å². The minimum absolute atomic E-state index is 0.246. The fraction of sp³-hybridized carbons (Fsp3) is 0.640. The van der Waals surface area contributed by atoms with Gasteiger partial charge in [0, 0.05) is 17.7 Å². The minimum Gasteiger partial charge on any atom is -0.457 e. The number of ketones is 1. The molecule has 2 rings (SSSR count). The maximum Gasteiger partial charge on any atom is 0.309 e. The number of hydrogen-bond acceptors (Lipinski definition) is 7. The van der Waals surface area contributed by atoms with Crippen LogP contribution in [0.15, 0.2) is 23.1 Å². The van der Waals surface area contributed by atoms with Gasteiger partial charge in [0.25, 0.3) is 0 Å². The first-order valence-electron chi connectivity index (χ1n) is 11.4. The van der Waals surface area contributed by atoms with Gasteiger partial charge < -0.3 is 14.9 Å². The lowest BCUT2D eigenvalue weighted by Gasteiger charge is -2.33. The highest BCUT2D eigenvalue weighted by Crippen LogP contribution is 2.31. The van der Waals surface area contributed by atoms with Crippen molar-refractivity contribution in [3.63, 3.8) is 0 Å². The molecule has 0 saturated heterocycles. The topological polar surface area (TPSA) is 96.7 Å². The largest absolute Gasteiger partial charge is 0.457 e. The van der Waals surface area contributed by atoms with E-state index in [2.05, 4.69) is 11.1 Å². The van der Waals surface area contributed by atoms with E-state index in [-0.39, 0.29) is 12.2 Å². The number of carbonyl (C=O) groups excluding carboxylic acids is 2. The lowest BCUT2D eigenvalue weighted by atomic mass is 9.74. The third-order valence-corrected chi connectivity index (χ3v) is 7.04. The molecule has 4 atom stereocenters. The maximum atomic E-state index is 13.0. The molecule has 1 aromatic heterocycles. The Hall–Kier alpha value is -1.83. The van der Waals surface area contributed by atoms with Crippen LogP contribution in [0.5, 0.6) is 0 Å². The van der Waals surface area contributed by atoms with E-state index in [4.69, 9.17) is 4.74 Å². The summed E-state index contributed by atoms with van der Waals surface area (Å²) in [6.07, 6.45) is 6.89. The number of aryl methyl sites for hydroxylation is 1. The molecule has 178 valence electrons. The van der Waals surface area contributed by atoms with Crippen molar-refractivity contribution in [2.75, 3.05) is 0 Å². The fourth-order valence-corrected chi connectivity index (χ4v) is 4.42. The van der Waals surface area contributed by atoms with Gasteiger partial charge in [0.15, 0.2) is 0 Å². The second-order valence-electron chi connectivity index (χ2n) is 9.31. The predicted molar refractivity (Wildman–Crippen MR) is 127 cm³/mol. The lowest BCUT2D eigenvalue weighted by molar-refractivity contribution is -0.153. The zero-order chi connectivity index (χ0) is 23.9. The Labute approximate surface area is 195 Å². The summed E-state index contributed by atoms with van der Waals surface area (Å²) in [6, 6.07) is 0. The molecule has 0 amide bonds. The van der Waals surface area contributed by atoms with Gasteiger partial charge in [-0.3, -0.25) is 9.59 Å². The molecule has 0 saturated carbocycles. The lowest BCUT2D eigenvalue weighted by Crippen LogP contribution is -2.44. The van der Waals surface area contributed by atoms with Crippen LogP contribution in [0.25, 0.3) is 6.08 Å². The highest BCUT2D eigenvalue weighted by Gasteiger charge is 2.41. The molecule has 1 aliphatic heterocycles. The molecular formula is C25H37NO5S. The van der Waals surface area contributed by atoms with E-state index >= 15 is 0 Å². The number of aliphatic hydroxyl groups is 2. The quantitative estimate of drug-likeness (QED) is 0.490. The molecule has 0 radical (unpaired) electrons. The van der Waals surface area contributed by atoms with E-state index in [1.165, 1.54) is 0 Å². The summed E-state index contributed by atoms with van der Waals surface area (Å²) in [5.74, 6) is -1.42. The van der Waals surface area contributed by atoms with Crippen LogP contribution in [0.2, 0.25) is 0 Å². The number of aromatic nitrogens is 1. The van der Waals surface area contributed by atoms with Gasteiger partial charge in [-0.05, 0) is 44.8 Å². The smallest absolute Gasteiger partial charge is 0.309 e. The maximum absolute atomic E-state index is 13.0. The van der Waals surface area contributed by atoms with Crippen molar-refractivity contribution in [2.45, 2.75) is 91.5 Å². The summed E-state index contributed by atoms with van der Waals surface area (Å²) < 4.78 is 5.74.